The molecule has 1 atom stereocenters. The smallest absolute Gasteiger partial charge is 0.404 e. The Morgan fingerprint density at radius 2 is 1.86 bits per heavy atom. The van der Waals surface area contributed by atoms with E-state index in [9.17, 15) is 13.2 Å². The van der Waals surface area contributed by atoms with Gasteiger partial charge in [0.2, 0.25) is 0 Å². The maximum Gasteiger partial charge on any atom is 0.573 e. The predicted octanol–water partition coefficient (Wildman–Crippen LogP) is 3.76. The Morgan fingerprint density at radius 3 is 2.61 bits per heavy atom. The molecule has 150 valence electrons. The van der Waals surface area contributed by atoms with E-state index in [1.165, 1.54) is 29.3 Å². The van der Waals surface area contributed by atoms with Crippen LogP contribution in [0.4, 0.5) is 18.9 Å². The van der Waals surface area contributed by atoms with Crippen molar-refractivity contribution in [2.75, 3.05) is 18.4 Å². The Labute approximate surface area is 162 Å². The fourth-order valence-corrected chi connectivity index (χ4v) is 3.20. The highest BCUT2D eigenvalue weighted by molar-refractivity contribution is 5.93. The first-order valence-corrected chi connectivity index (χ1v) is 9.04. The van der Waals surface area contributed by atoms with Crippen molar-refractivity contribution in [2.45, 2.75) is 32.3 Å². The third-order valence-electron chi connectivity index (χ3n) is 4.68. The summed E-state index contributed by atoms with van der Waals surface area (Å²) in [5, 5.41) is 2.69. The lowest BCUT2D eigenvalue weighted by Crippen LogP contribution is -2.39. The molecule has 0 amide bonds. The summed E-state index contributed by atoms with van der Waals surface area (Å²) in [5.74, 6) is -0.309. The van der Waals surface area contributed by atoms with E-state index in [-0.39, 0.29) is 23.4 Å². The fraction of sp³-hybridized carbons (Fsp3) is 0.350. The zero-order valence-electron chi connectivity index (χ0n) is 15.5. The van der Waals surface area contributed by atoms with E-state index in [0.717, 1.165) is 19.5 Å². The maximum absolute atomic E-state index is 12.5. The Hall–Kier alpha value is -2.74. The summed E-state index contributed by atoms with van der Waals surface area (Å²) in [6, 6.07) is 14.2. The van der Waals surface area contributed by atoms with Gasteiger partial charge in [-0.25, -0.2) is 0 Å². The van der Waals surface area contributed by atoms with Crippen molar-refractivity contribution >= 4 is 11.6 Å². The van der Waals surface area contributed by atoms with Gasteiger partial charge in [-0.3, -0.25) is 9.89 Å². The molecule has 3 N–H and O–H groups in total. The number of halogens is 3. The molecule has 5 nitrogen and oxygen atoms in total. The molecule has 2 aromatic carbocycles. The molecule has 0 spiro atoms. The molecular weight excluding hydrogens is 369 g/mol. The second-order valence-electron chi connectivity index (χ2n) is 6.73. The van der Waals surface area contributed by atoms with Gasteiger partial charge < -0.3 is 15.8 Å². The number of hydrogen-bond donors (Lipinski definition) is 2. The molecule has 1 heterocycles. The molecule has 0 aromatic heterocycles. The van der Waals surface area contributed by atoms with Gasteiger partial charge in [-0.05, 0) is 36.6 Å². The van der Waals surface area contributed by atoms with Gasteiger partial charge in [-0.1, -0.05) is 36.4 Å². The summed E-state index contributed by atoms with van der Waals surface area (Å²) in [5.41, 5.74) is 8.67. The van der Waals surface area contributed by atoms with Crippen LogP contribution in [0, 0.1) is 0 Å². The van der Waals surface area contributed by atoms with Crippen LogP contribution in [-0.4, -0.2) is 36.4 Å². The Kier molecular flexibility index (Phi) is 6.08. The van der Waals surface area contributed by atoms with Gasteiger partial charge in [-0.15, -0.1) is 13.2 Å². The van der Waals surface area contributed by atoms with E-state index >= 15 is 0 Å². The van der Waals surface area contributed by atoms with Gasteiger partial charge in [0.25, 0.3) is 0 Å². The van der Waals surface area contributed by atoms with E-state index in [1.807, 2.05) is 6.07 Å². The number of para-hydroxylation sites is 2. The third kappa shape index (κ3) is 5.39. The number of rotatable bonds is 5. The quantitative estimate of drug-likeness (QED) is 0.601. The molecule has 1 aliphatic rings. The standard InChI is InChI=1S/C20H23F3N4O/c1-14(27-11-10-15-6-2-3-7-16(15)13-27)12-25-19(24)26-17-8-4-5-9-18(17)28-20(21,22)23/h2-9,14H,10-13H2,1H3,(H3,24,25,26). The average molecular weight is 392 g/mol. The number of hydrogen-bond acceptors (Lipinski definition) is 3. The summed E-state index contributed by atoms with van der Waals surface area (Å²) < 4.78 is 41.5. The lowest BCUT2D eigenvalue weighted by molar-refractivity contribution is -0.274. The van der Waals surface area contributed by atoms with E-state index in [0.29, 0.717) is 6.54 Å². The minimum Gasteiger partial charge on any atom is -0.404 e. The van der Waals surface area contributed by atoms with E-state index in [2.05, 4.69) is 45.1 Å². The Bertz CT molecular complexity index is 838. The Balaban J connectivity index is 1.59. The van der Waals surface area contributed by atoms with Gasteiger partial charge in [0.1, 0.15) is 0 Å². The summed E-state index contributed by atoms with van der Waals surface area (Å²) in [6.07, 6.45) is -3.79. The highest BCUT2D eigenvalue weighted by Crippen LogP contribution is 2.29. The van der Waals surface area contributed by atoms with Crippen LogP contribution in [0.2, 0.25) is 0 Å². The third-order valence-corrected chi connectivity index (χ3v) is 4.68. The minimum atomic E-state index is -4.78. The first-order chi connectivity index (χ1) is 13.3. The normalized spacial score (nSPS) is 16.4. The van der Waals surface area contributed by atoms with Crippen LogP contribution in [0.1, 0.15) is 18.1 Å². The number of aliphatic imine (C=N–C) groups is 1. The second-order valence-corrected chi connectivity index (χ2v) is 6.73. The second kappa shape index (κ2) is 8.52. The number of nitrogens with zero attached hydrogens (tertiary/aromatic N) is 2. The van der Waals surface area contributed by atoms with Crippen molar-refractivity contribution < 1.29 is 17.9 Å². The van der Waals surface area contributed by atoms with E-state index < -0.39 is 6.36 Å². The first kappa shape index (κ1) is 20.0. The first-order valence-electron chi connectivity index (χ1n) is 9.04. The van der Waals surface area contributed by atoms with Crippen molar-refractivity contribution in [3.63, 3.8) is 0 Å². The van der Waals surface area contributed by atoms with Crippen LogP contribution in [0.15, 0.2) is 53.5 Å². The van der Waals surface area contributed by atoms with E-state index in [1.54, 1.807) is 6.07 Å². The molecule has 0 radical (unpaired) electrons. The molecule has 1 aliphatic heterocycles. The lowest BCUT2D eigenvalue weighted by Gasteiger charge is -2.33. The number of nitrogens with one attached hydrogen (secondary N) is 1. The number of fused-ring (bicyclic) bond motifs is 1. The lowest BCUT2D eigenvalue weighted by atomic mass is 9.99. The molecular formula is C20H23F3N4O. The molecule has 28 heavy (non-hydrogen) atoms. The molecule has 0 saturated carbocycles. The summed E-state index contributed by atoms with van der Waals surface area (Å²) in [7, 11) is 0. The van der Waals surface area contributed by atoms with Gasteiger partial charge in [0.15, 0.2) is 11.7 Å². The van der Waals surface area contributed by atoms with E-state index in [4.69, 9.17) is 5.73 Å². The van der Waals surface area contributed by atoms with Gasteiger partial charge >= 0.3 is 6.36 Å². The number of guanidine groups is 1. The fourth-order valence-electron chi connectivity index (χ4n) is 3.20. The van der Waals surface area contributed by atoms with Crippen LogP contribution in [0.3, 0.4) is 0 Å². The van der Waals surface area contributed by atoms with Gasteiger partial charge in [-0.2, -0.15) is 0 Å². The molecule has 8 heteroatoms. The zero-order valence-corrected chi connectivity index (χ0v) is 15.5. The minimum absolute atomic E-state index is 0.0440. The topological polar surface area (TPSA) is 62.9 Å². The number of alkyl halides is 3. The predicted molar refractivity (Wildman–Crippen MR) is 103 cm³/mol. The van der Waals surface area contributed by atoms with Gasteiger partial charge in [0, 0.05) is 19.1 Å². The van der Waals surface area contributed by atoms with Crippen molar-refractivity contribution in [3.05, 3.63) is 59.7 Å². The summed E-state index contributed by atoms with van der Waals surface area (Å²) >= 11 is 0. The Morgan fingerprint density at radius 1 is 1.18 bits per heavy atom. The number of benzene rings is 2. The molecule has 0 aliphatic carbocycles. The van der Waals surface area contributed by atoms with Crippen LogP contribution in [0.25, 0.3) is 0 Å². The average Bonchev–Trinajstić information content (AvgIpc) is 2.66. The molecule has 0 bridgehead atoms. The largest absolute Gasteiger partial charge is 0.573 e. The number of nitrogens with two attached hydrogens (primary N) is 1. The maximum atomic E-state index is 12.5. The SMILES string of the molecule is CC(CN=C(N)Nc1ccccc1OC(F)(F)F)N1CCc2ccccc2C1. The van der Waals surface area contributed by atoms with Crippen LogP contribution in [-0.2, 0) is 13.0 Å². The molecule has 0 saturated heterocycles. The van der Waals surface area contributed by atoms with Crippen molar-refractivity contribution in [2.24, 2.45) is 10.7 Å². The zero-order chi connectivity index (χ0) is 20.1. The molecule has 0 fully saturated rings. The summed E-state index contributed by atoms with van der Waals surface area (Å²) in [6.45, 7) is 4.28. The van der Waals surface area contributed by atoms with Crippen LogP contribution >= 0.6 is 0 Å². The molecule has 3 rings (SSSR count). The van der Waals surface area contributed by atoms with Crippen molar-refractivity contribution in [1.82, 2.24) is 4.90 Å². The van der Waals surface area contributed by atoms with Crippen LogP contribution in [0.5, 0.6) is 5.75 Å². The monoisotopic (exact) mass is 392 g/mol. The highest BCUT2D eigenvalue weighted by Gasteiger charge is 2.32. The number of anilines is 1. The van der Waals surface area contributed by atoms with Crippen LogP contribution < -0.4 is 15.8 Å². The molecule has 1 unspecified atom stereocenters. The summed E-state index contributed by atoms with van der Waals surface area (Å²) in [4.78, 5) is 6.61. The van der Waals surface area contributed by atoms with Crippen molar-refractivity contribution in [1.29, 1.82) is 0 Å². The van der Waals surface area contributed by atoms with Crippen molar-refractivity contribution in [3.8, 4) is 5.75 Å². The molecule has 2 aromatic rings. The van der Waals surface area contributed by atoms with Gasteiger partial charge in [0.05, 0.1) is 12.2 Å². The number of ether oxygens (including phenoxy) is 1. The highest BCUT2D eigenvalue weighted by atomic mass is 19.4.